The number of benzene rings is 2. The van der Waals surface area contributed by atoms with Gasteiger partial charge in [-0.15, -0.1) is 0 Å². The Morgan fingerprint density at radius 1 is 1.00 bits per heavy atom. The van der Waals surface area contributed by atoms with Gasteiger partial charge in [0.2, 0.25) is 0 Å². The lowest BCUT2D eigenvalue weighted by Crippen LogP contribution is -2.12. The fourth-order valence-electron chi connectivity index (χ4n) is 1.59. The van der Waals surface area contributed by atoms with Gasteiger partial charge < -0.3 is 0 Å². The number of carbonyl (C=O) groups excluding carboxylic acids is 1. The van der Waals surface area contributed by atoms with Crippen molar-refractivity contribution in [3.05, 3.63) is 65.5 Å². The molecule has 0 amide bonds. The van der Waals surface area contributed by atoms with Crippen molar-refractivity contribution in [2.45, 2.75) is 4.90 Å². The zero-order chi connectivity index (χ0) is 14.7. The number of rotatable bonds is 4. The van der Waals surface area contributed by atoms with Gasteiger partial charge >= 0.3 is 0 Å². The minimum absolute atomic E-state index is 0.0372. The van der Waals surface area contributed by atoms with Gasteiger partial charge in [0.15, 0.2) is 5.78 Å². The number of Topliss-reactive ketones (excluding diaryl/α,β-unsaturated/α-hetero) is 1. The molecule has 0 saturated heterocycles. The van der Waals surface area contributed by atoms with Crippen molar-refractivity contribution in [2.75, 3.05) is 5.75 Å². The van der Waals surface area contributed by atoms with Crippen molar-refractivity contribution in [1.29, 1.82) is 0 Å². The number of hydrogen-bond donors (Lipinski definition) is 0. The van der Waals surface area contributed by atoms with Gasteiger partial charge in [-0.05, 0) is 30.3 Å². The molecular weight excluding hydrogens is 289 g/mol. The monoisotopic (exact) mass is 298 g/mol. The molecule has 0 heterocycles. The van der Waals surface area contributed by atoms with Crippen LogP contribution in [-0.2, 0) is 10.8 Å². The highest BCUT2D eigenvalue weighted by molar-refractivity contribution is 7.85. The zero-order valence-electron chi connectivity index (χ0n) is 10.1. The molecule has 104 valence electrons. The van der Waals surface area contributed by atoms with Gasteiger partial charge in [-0.2, -0.15) is 0 Å². The van der Waals surface area contributed by atoms with Crippen LogP contribution in [0, 0.1) is 17.5 Å². The maximum Gasteiger partial charge on any atom is 0.175 e. The molecule has 0 aliphatic carbocycles. The third-order valence-electron chi connectivity index (χ3n) is 2.55. The first-order valence-corrected chi connectivity index (χ1v) is 6.91. The molecule has 0 aliphatic rings. The molecule has 2 rings (SSSR count). The SMILES string of the molecule is O=C(CS(=O)c1cc(F)ccc1F)c1cccc(F)c1. The van der Waals surface area contributed by atoms with Crippen LogP contribution < -0.4 is 0 Å². The van der Waals surface area contributed by atoms with E-state index < -0.39 is 39.8 Å². The van der Waals surface area contributed by atoms with Crippen LogP contribution in [0.4, 0.5) is 13.2 Å². The van der Waals surface area contributed by atoms with E-state index in [0.29, 0.717) is 0 Å². The van der Waals surface area contributed by atoms with Gasteiger partial charge in [0.05, 0.1) is 21.4 Å². The molecule has 6 heteroatoms. The van der Waals surface area contributed by atoms with Crippen LogP contribution >= 0.6 is 0 Å². The van der Waals surface area contributed by atoms with E-state index >= 15 is 0 Å². The number of carbonyl (C=O) groups is 1. The Bertz CT molecular complexity index is 686. The molecule has 0 aromatic heterocycles. The fraction of sp³-hybridized carbons (Fsp3) is 0.0714. The van der Waals surface area contributed by atoms with Gasteiger partial charge in [-0.3, -0.25) is 9.00 Å². The second-order valence-electron chi connectivity index (χ2n) is 4.00. The van der Waals surface area contributed by atoms with E-state index in [1.54, 1.807) is 0 Å². The van der Waals surface area contributed by atoms with Crippen LogP contribution in [-0.4, -0.2) is 15.7 Å². The lowest BCUT2D eigenvalue weighted by molar-refractivity contribution is 0.102. The van der Waals surface area contributed by atoms with Gasteiger partial charge in [0.25, 0.3) is 0 Å². The molecule has 0 N–H and O–H groups in total. The number of hydrogen-bond acceptors (Lipinski definition) is 2. The second kappa shape index (κ2) is 6.00. The van der Waals surface area contributed by atoms with Crippen LogP contribution in [0.5, 0.6) is 0 Å². The summed E-state index contributed by atoms with van der Waals surface area (Å²) in [6, 6.07) is 7.39. The van der Waals surface area contributed by atoms with Gasteiger partial charge in [0, 0.05) is 5.56 Å². The van der Waals surface area contributed by atoms with Crippen LogP contribution in [0.1, 0.15) is 10.4 Å². The van der Waals surface area contributed by atoms with Crippen LogP contribution in [0.2, 0.25) is 0 Å². The summed E-state index contributed by atoms with van der Waals surface area (Å²) < 4.78 is 51.2. The lowest BCUT2D eigenvalue weighted by atomic mass is 10.1. The minimum Gasteiger partial charge on any atom is -0.293 e. The Morgan fingerprint density at radius 2 is 1.70 bits per heavy atom. The molecule has 0 radical (unpaired) electrons. The Balaban J connectivity index is 2.19. The largest absolute Gasteiger partial charge is 0.293 e. The summed E-state index contributed by atoms with van der Waals surface area (Å²) in [5.74, 6) is -3.33. The van der Waals surface area contributed by atoms with E-state index in [9.17, 15) is 22.2 Å². The van der Waals surface area contributed by atoms with Gasteiger partial charge in [-0.25, -0.2) is 13.2 Å². The van der Waals surface area contributed by atoms with Crippen molar-refractivity contribution in [2.24, 2.45) is 0 Å². The zero-order valence-corrected chi connectivity index (χ0v) is 10.9. The predicted octanol–water partition coefficient (Wildman–Crippen LogP) is 3.09. The summed E-state index contributed by atoms with van der Waals surface area (Å²) in [5.41, 5.74) is 0.0372. The first kappa shape index (κ1) is 14.5. The van der Waals surface area contributed by atoms with E-state index in [-0.39, 0.29) is 10.5 Å². The highest BCUT2D eigenvalue weighted by Crippen LogP contribution is 2.15. The molecule has 2 nitrogen and oxygen atoms in total. The van der Waals surface area contributed by atoms with E-state index in [2.05, 4.69) is 0 Å². The van der Waals surface area contributed by atoms with Crippen LogP contribution in [0.25, 0.3) is 0 Å². The first-order valence-electron chi connectivity index (χ1n) is 5.59. The predicted molar refractivity (Wildman–Crippen MR) is 68.4 cm³/mol. The standard InChI is InChI=1S/C14H9F3O2S/c15-10-3-1-2-9(6-10)13(18)8-20(19)14-7-11(16)4-5-12(14)17/h1-7H,8H2. The molecule has 2 aromatic rings. The fourth-order valence-corrected chi connectivity index (χ4v) is 2.68. The van der Waals surface area contributed by atoms with E-state index in [1.165, 1.54) is 18.2 Å². The normalized spacial score (nSPS) is 12.2. The van der Waals surface area contributed by atoms with Crippen LogP contribution in [0.3, 0.4) is 0 Å². The average molecular weight is 298 g/mol. The molecule has 0 bridgehead atoms. The third kappa shape index (κ3) is 3.33. The van der Waals surface area contributed by atoms with Crippen molar-refractivity contribution in [1.82, 2.24) is 0 Å². The summed E-state index contributed by atoms with van der Waals surface area (Å²) in [4.78, 5) is 11.4. The van der Waals surface area contributed by atoms with E-state index in [1.807, 2.05) is 0 Å². The molecule has 1 unspecified atom stereocenters. The number of halogens is 3. The minimum atomic E-state index is -2.03. The van der Waals surface area contributed by atoms with Gasteiger partial charge in [-0.1, -0.05) is 12.1 Å². The van der Waals surface area contributed by atoms with E-state index in [0.717, 1.165) is 24.3 Å². The third-order valence-corrected chi connectivity index (χ3v) is 3.88. The van der Waals surface area contributed by atoms with Crippen molar-refractivity contribution in [3.8, 4) is 0 Å². The van der Waals surface area contributed by atoms with Crippen LogP contribution in [0.15, 0.2) is 47.4 Å². The summed E-state index contributed by atoms with van der Waals surface area (Å²) in [5, 5.41) is 0. The molecule has 2 aromatic carbocycles. The molecule has 1 atom stereocenters. The summed E-state index contributed by atoms with van der Waals surface area (Å²) in [7, 11) is -2.03. The average Bonchev–Trinajstić information content (AvgIpc) is 2.41. The van der Waals surface area contributed by atoms with E-state index in [4.69, 9.17) is 0 Å². The first-order chi connectivity index (χ1) is 9.47. The summed E-state index contributed by atoms with van der Waals surface area (Å²) >= 11 is 0. The number of ketones is 1. The molecule has 0 aliphatic heterocycles. The topological polar surface area (TPSA) is 34.1 Å². The lowest BCUT2D eigenvalue weighted by Gasteiger charge is -2.04. The second-order valence-corrected chi connectivity index (χ2v) is 5.42. The molecule has 0 fully saturated rings. The highest BCUT2D eigenvalue weighted by Gasteiger charge is 2.16. The Labute approximate surface area is 115 Å². The van der Waals surface area contributed by atoms with Crippen molar-refractivity contribution >= 4 is 16.6 Å². The maximum atomic E-state index is 13.4. The smallest absolute Gasteiger partial charge is 0.175 e. The van der Waals surface area contributed by atoms with Gasteiger partial charge in [0.1, 0.15) is 17.5 Å². The van der Waals surface area contributed by atoms with Crippen molar-refractivity contribution < 1.29 is 22.2 Å². The summed E-state index contributed by atoms with van der Waals surface area (Å²) in [6.45, 7) is 0. The molecular formula is C14H9F3O2S. The Hall–Kier alpha value is -1.95. The van der Waals surface area contributed by atoms with Crippen molar-refractivity contribution in [3.63, 3.8) is 0 Å². The highest BCUT2D eigenvalue weighted by atomic mass is 32.2. The quantitative estimate of drug-likeness (QED) is 0.813. The molecule has 0 spiro atoms. The maximum absolute atomic E-state index is 13.4. The summed E-state index contributed by atoms with van der Waals surface area (Å²) in [6.07, 6.45) is 0. The Kier molecular flexibility index (Phi) is 4.34. The molecule has 20 heavy (non-hydrogen) atoms. The molecule has 0 saturated carbocycles. The Morgan fingerprint density at radius 3 is 2.40 bits per heavy atom.